The Bertz CT molecular complexity index is 482. The van der Waals surface area contributed by atoms with E-state index in [0.717, 1.165) is 17.1 Å². The molecule has 0 radical (unpaired) electrons. The van der Waals surface area contributed by atoms with Gasteiger partial charge in [-0.05, 0) is 11.5 Å². The van der Waals surface area contributed by atoms with Crippen molar-refractivity contribution in [2.45, 2.75) is 0 Å². The summed E-state index contributed by atoms with van der Waals surface area (Å²) in [4.78, 5) is 0. The van der Waals surface area contributed by atoms with Crippen LogP contribution in [0.1, 0.15) is 5.56 Å². The Morgan fingerprint density at radius 3 is 2.64 bits per heavy atom. The summed E-state index contributed by atoms with van der Waals surface area (Å²) in [6, 6.07) is 11.6. The molecule has 0 unspecified atom stereocenters. The van der Waals surface area contributed by atoms with E-state index in [1.54, 1.807) is 0 Å². The molecule has 14 heavy (non-hydrogen) atoms. The molecule has 1 aromatic carbocycles. The van der Waals surface area contributed by atoms with Crippen molar-refractivity contribution in [3.8, 4) is 17.3 Å². The van der Waals surface area contributed by atoms with Gasteiger partial charge in [-0.2, -0.15) is 9.64 Å². The molecule has 0 amide bonds. The highest BCUT2D eigenvalue weighted by Gasteiger charge is 2.11. The lowest BCUT2D eigenvalue weighted by molar-refractivity contribution is 1.46. The molecule has 3 nitrogen and oxygen atoms in total. The van der Waals surface area contributed by atoms with E-state index in [4.69, 9.17) is 11.0 Å². The molecule has 1 heterocycles. The maximum atomic E-state index is 8.89. The monoisotopic (exact) mass is 201 g/mol. The van der Waals surface area contributed by atoms with Gasteiger partial charge in [0.25, 0.3) is 0 Å². The molecule has 0 aliphatic rings. The van der Waals surface area contributed by atoms with E-state index in [0.29, 0.717) is 16.3 Å². The summed E-state index contributed by atoms with van der Waals surface area (Å²) >= 11 is 1.16. The topological polar surface area (TPSA) is 62.7 Å². The first-order chi connectivity index (χ1) is 6.83. The zero-order valence-corrected chi connectivity index (χ0v) is 8.08. The number of nitrogens with zero attached hydrogens (tertiary/aromatic N) is 2. The van der Waals surface area contributed by atoms with Gasteiger partial charge in [-0.15, -0.1) is 0 Å². The first kappa shape index (κ1) is 8.73. The predicted octanol–water partition coefficient (Wildman–Crippen LogP) is 2.26. The summed E-state index contributed by atoms with van der Waals surface area (Å²) in [5.41, 5.74) is 7.70. The molecular weight excluding hydrogens is 194 g/mol. The van der Waals surface area contributed by atoms with Gasteiger partial charge >= 0.3 is 0 Å². The first-order valence-electron chi connectivity index (χ1n) is 4.03. The molecule has 4 heteroatoms. The maximum Gasteiger partial charge on any atom is 0.125 e. The number of aromatic nitrogens is 1. The molecule has 2 rings (SSSR count). The summed E-state index contributed by atoms with van der Waals surface area (Å²) in [6.07, 6.45) is 0. The molecule has 0 spiro atoms. The Balaban J connectivity index is 2.59. The third kappa shape index (κ3) is 1.34. The number of nitrogens with two attached hydrogens (primary N) is 1. The molecule has 2 N–H and O–H groups in total. The Labute approximate surface area is 85.6 Å². The number of nitriles is 1. The van der Waals surface area contributed by atoms with E-state index in [9.17, 15) is 0 Å². The standard InChI is InChI=1S/C10H7N3S/c11-6-8-9(13-14-10(8)12)7-4-2-1-3-5-7/h1-5H,12H2. The number of anilines is 1. The van der Waals surface area contributed by atoms with E-state index >= 15 is 0 Å². The fourth-order valence-electron chi connectivity index (χ4n) is 1.20. The van der Waals surface area contributed by atoms with Crippen LogP contribution in [-0.4, -0.2) is 4.37 Å². The van der Waals surface area contributed by atoms with E-state index < -0.39 is 0 Å². The van der Waals surface area contributed by atoms with Gasteiger partial charge in [0.1, 0.15) is 22.3 Å². The van der Waals surface area contributed by atoms with Gasteiger partial charge in [0.05, 0.1) is 0 Å². The largest absolute Gasteiger partial charge is 0.388 e. The second-order valence-electron chi connectivity index (χ2n) is 2.75. The molecule has 0 saturated carbocycles. The van der Waals surface area contributed by atoms with Crippen LogP contribution in [0.15, 0.2) is 30.3 Å². The van der Waals surface area contributed by atoms with Gasteiger partial charge in [0.2, 0.25) is 0 Å². The lowest BCUT2D eigenvalue weighted by Gasteiger charge is -1.95. The molecule has 0 bridgehead atoms. The number of benzene rings is 1. The molecule has 2 aromatic rings. The van der Waals surface area contributed by atoms with Gasteiger partial charge in [0, 0.05) is 5.56 Å². The molecule has 68 valence electrons. The quantitative estimate of drug-likeness (QED) is 0.769. The number of hydrogen-bond donors (Lipinski definition) is 1. The van der Waals surface area contributed by atoms with Crippen LogP contribution in [0.3, 0.4) is 0 Å². The fourth-order valence-corrected chi connectivity index (χ4v) is 1.82. The van der Waals surface area contributed by atoms with E-state index in [1.807, 2.05) is 30.3 Å². The summed E-state index contributed by atoms with van der Waals surface area (Å²) < 4.78 is 4.15. The molecular formula is C10H7N3S. The van der Waals surface area contributed by atoms with Crippen molar-refractivity contribution in [2.24, 2.45) is 0 Å². The Kier molecular flexibility index (Phi) is 2.17. The molecule has 0 atom stereocenters. The highest BCUT2D eigenvalue weighted by atomic mass is 32.1. The minimum Gasteiger partial charge on any atom is -0.388 e. The molecule has 0 aliphatic carbocycles. The van der Waals surface area contributed by atoms with Crippen molar-refractivity contribution >= 4 is 16.5 Å². The van der Waals surface area contributed by atoms with Crippen molar-refractivity contribution in [3.63, 3.8) is 0 Å². The van der Waals surface area contributed by atoms with Crippen LogP contribution in [0.4, 0.5) is 5.00 Å². The van der Waals surface area contributed by atoms with Crippen LogP contribution in [0.2, 0.25) is 0 Å². The third-order valence-corrected chi connectivity index (χ3v) is 2.55. The second kappa shape index (κ2) is 3.48. The maximum absolute atomic E-state index is 8.89. The van der Waals surface area contributed by atoms with Crippen LogP contribution in [0.5, 0.6) is 0 Å². The van der Waals surface area contributed by atoms with Crippen LogP contribution < -0.4 is 5.73 Å². The van der Waals surface area contributed by atoms with Gasteiger partial charge in [-0.1, -0.05) is 30.3 Å². The fraction of sp³-hybridized carbons (Fsp3) is 0. The van der Waals surface area contributed by atoms with Crippen LogP contribution >= 0.6 is 11.5 Å². The SMILES string of the molecule is N#Cc1c(-c2ccccc2)nsc1N. The average molecular weight is 201 g/mol. The van der Waals surface area contributed by atoms with Crippen molar-refractivity contribution in [1.82, 2.24) is 4.37 Å². The lowest BCUT2D eigenvalue weighted by atomic mass is 10.1. The minimum absolute atomic E-state index is 0.473. The Hall–Kier alpha value is -1.86. The Morgan fingerprint density at radius 2 is 2.00 bits per heavy atom. The predicted molar refractivity (Wildman–Crippen MR) is 56.7 cm³/mol. The van der Waals surface area contributed by atoms with Gasteiger partial charge in [-0.3, -0.25) is 0 Å². The van der Waals surface area contributed by atoms with Crippen LogP contribution in [0, 0.1) is 11.3 Å². The second-order valence-corrected chi connectivity index (χ2v) is 3.55. The smallest absolute Gasteiger partial charge is 0.125 e. The summed E-state index contributed by atoms with van der Waals surface area (Å²) in [6.45, 7) is 0. The summed E-state index contributed by atoms with van der Waals surface area (Å²) in [7, 11) is 0. The molecule has 1 aromatic heterocycles. The van der Waals surface area contributed by atoms with Crippen molar-refractivity contribution in [1.29, 1.82) is 5.26 Å². The average Bonchev–Trinajstić information content (AvgIpc) is 2.61. The van der Waals surface area contributed by atoms with Crippen molar-refractivity contribution < 1.29 is 0 Å². The summed E-state index contributed by atoms with van der Waals surface area (Å²) in [5, 5.41) is 9.36. The Morgan fingerprint density at radius 1 is 1.29 bits per heavy atom. The highest BCUT2D eigenvalue weighted by molar-refractivity contribution is 7.10. The summed E-state index contributed by atoms with van der Waals surface area (Å²) in [5.74, 6) is 0. The third-order valence-electron chi connectivity index (χ3n) is 1.88. The number of nitrogen functional groups attached to an aromatic ring is 1. The van der Waals surface area contributed by atoms with Crippen molar-refractivity contribution in [2.75, 3.05) is 5.73 Å². The zero-order valence-electron chi connectivity index (χ0n) is 7.27. The molecule has 0 saturated heterocycles. The minimum atomic E-state index is 0.473. The van der Waals surface area contributed by atoms with Crippen LogP contribution in [0.25, 0.3) is 11.3 Å². The van der Waals surface area contributed by atoms with E-state index in [-0.39, 0.29) is 0 Å². The number of hydrogen-bond acceptors (Lipinski definition) is 4. The lowest BCUT2D eigenvalue weighted by Crippen LogP contribution is -1.85. The normalized spacial score (nSPS) is 9.64. The highest BCUT2D eigenvalue weighted by Crippen LogP contribution is 2.28. The van der Waals surface area contributed by atoms with Crippen LogP contribution in [-0.2, 0) is 0 Å². The van der Waals surface area contributed by atoms with Gasteiger partial charge < -0.3 is 5.73 Å². The van der Waals surface area contributed by atoms with Crippen molar-refractivity contribution in [3.05, 3.63) is 35.9 Å². The van der Waals surface area contributed by atoms with E-state index in [1.165, 1.54) is 0 Å². The van der Waals surface area contributed by atoms with Gasteiger partial charge in [0.15, 0.2) is 0 Å². The van der Waals surface area contributed by atoms with E-state index in [2.05, 4.69) is 10.4 Å². The van der Waals surface area contributed by atoms with Gasteiger partial charge in [-0.25, -0.2) is 0 Å². The number of rotatable bonds is 1. The zero-order chi connectivity index (χ0) is 9.97. The molecule has 0 aliphatic heterocycles. The first-order valence-corrected chi connectivity index (χ1v) is 4.81. The molecule has 0 fully saturated rings.